The van der Waals surface area contributed by atoms with Crippen LogP contribution in [0.2, 0.25) is 0 Å². The Bertz CT molecular complexity index is 1070. The fourth-order valence-electron chi connectivity index (χ4n) is 3.85. The van der Waals surface area contributed by atoms with E-state index in [4.69, 9.17) is 10.1 Å². The quantitative estimate of drug-likeness (QED) is 0.476. The summed E-state index contributed by atoms with van der Waals surface area (Å²) in [4.78, 5) is 21.3. The maximum atomic E-state index is 12.1. The number of carbonyl (C=O) groups excluding carboxylic acids is 1. The Hall–Kier alpha value is -2.03. The second kappa shape index (κ2) is 8.01. The summed E-state index contributed by atoms with van der Waals surface area (Å²) in [7, 11) is 0. The smallest absolute Gasteiger partial charge is 0.165 e. The third kappa shape index (κ3) is 3.65. The summed E-state index contributed by atoms with van der Waals surface area (Å²) in [5.41, 5.74) is 4.15. The van der Waals surface area contributed by atoms with Gasteiger partial charge in [0.05, 0.1) is 43.0 Å². The minimum Gasteiger partial charge on any atom is -0.303 e. The molecule has 0 spiro atoms. The summed E-state index contributed by atoms with van der Waals surface area (Å²) in [5, 5.41) is 7.93. The number of rotatable bonds is 5. The van der Waals surface area contributed by atoms with Crippen LogP contribution in [0.4, 0.5) is 0 Å². The molecular formula is C20H22BrClN6O. The highest BCUT2D eigenvalue weighted by Crippen LogP contribution is 2.33. The Balaban J connectivity index is 0.00000205. The first-order valence-corrected chi connectivity index (χ1v) is 10.4. The molecule has 2 aromatic heterocycles. The fraction of sp³-hybridized carbons (Fsp3) is 0.400. The number of hydrogen-bond acceptors (Lipinski definition) is 5. The third-order valence-corrected chi connectivity index (χ3v) is 6.19. The minimum absolute atomic E-state index is 0. The first-order chi connectivity index (χ1) is 13.6. The summed E-state index contributed by atoms with van der Waals surface area (Å²) in [5.74, 6) is 2.10. The van der Waals surface area contributed by atoms with E-state index in [2.05, 4.69) is 42.9 Å². The lowest BCUT2D eigenvalue weighted by Gasteiger charge is -2.23. The van der Waals surface area contributed by atoms with Crippen LogP contribution in [0.25, 0.3) is 17.1 Å². The topological polar surface area (TPSA) is 77.6 Å². The number of aryl methyl sites for hydroxylation is 1. The largest absolute Gasteiger partial charge is 0.303 e. The van der Waals surface area contributed by atoms with Crippen molar-refractivity contribution in [2.75, 3.05) is 6.54 Å². The predicted molar refractivity (Wildman–Crippen MR) is 115 cm³/mol. The van der Waals surface area contributed by atoms with Crippen molar-refractivity contribution in [1.29, 1.82) is 0 Å². The average Bonchev–Trinajstić information content (AvgIpc) is 3.15. The van der Waals surface area contributed by atoms with Crippen LogP contribution in [0.1, 0.15) is 36.5 Å². The molecule has 3 heterocycles. The van der Waals surface area contributed by atoms with E-state index in [1.165, 1.54) is 6.42 Å². The maximum Gasteiger partial charge on any atom is 0.165 e. The third-order valence-electron chi connectivity index (χ3n) is 5.69. The molecule has 1 aromatic carbocycles. The lowest BCUT2D eigenvalue weighted by atomic mass is 9.82. The number of ketones is 1. The standard InChI is InChI=1S/C20H21BrN6O.ClH/c1-12-17-10-27-20(15-7-14(21)5-6-16(15)26(17)11-23-12)24-19(25-27)9-22-8-18(28)13-3-2-4-13;/h5-7,11,13,22H,2-4,8-10H2,1H3;1H. The van der Waals surface area contributed by atoms with Gasteiger partial charge >= 0.3 is 0 Å². The minimum atomic E-state index is 0. The van der Waals surface area contributed by atoms with Crippen molar-refractivity contribution in [1.82, 2.24) is 29.6 Å². The van der Waals surface area contributed by atoms with Gasteiger partial charge in [-0.25, -0.2) is 14.6 Å². The zero-order valence-electron chi connectivity index (χ0n) is 16.1. The van der Waals surface area contributed by atoms with Gasteiger partial charge < -0.3 is 9.88 Å². The van der Waals surface area contributed by atoms with Gasteiger partial charge in [-0.2, -0.15) is 5.10 Å². The van der Waals surface area contributed by atoms with E-state index < -0.39 is 0 Å². The first-order valence-electron chi connectivity index (χ1n) is 9.60. The molecule has 5 rings (SSSR count). The molecule has 1 saturated carbocycles. The predicted octanol–water partition coefficient (Wildman–Crippen LogP) is 3.44. The molecule has 2 aliphatic rings. The van der Waals surface area contributed by atoms with Crippen molar-refractivity contribution >= 4 is 34.1 Å². The Kier molecular flexibility index (Phi) is 5.59. The van der Waals surface area contributed by atoms with E-state index in [0.29, 0.717) is 31.2 Å². The van der Waals surface area contributed by atoms with Crippen LogP contribution >= 0.6 is 28.3 Å². The molecule has 7 nitrogen and oxygen atoms in total. The van der Waals surface area contributed by atoms with Gasteiger partial charge in [0.1, 0.15) is 5.78 Å². The Morgan fingerprint density at radius 1 is 1.34 bits per heavy atom. The Morgan fingerprint density at radius 3 is 2.93 bits per heavy atom. The number of fused-ring (bicyclic) bond motifs is 5. The van der Waals surface area contributed by atoms with Crippen LogP contribution in [0.3, 0.4) is 0 Å². The van der Waals surface area contributed by atoms with E-state index in [1.807, 2.05) is 24.0 Å². The number of Topliss-reactive ketones (excluding diaryl/α,β-unsaturated/α-hetero) is 1. The molecule has 1 N–H and O–H groups in total. The summed E-state index contributed by atoms with van der Waals surface area (Å²) < 4.78 is 5.04. The number of benzene rings is 1. The monoisotopic (exact) mass is 476 g/mol. The molecule has 0 amide bonds. The van der Waals surface area contributed by atoms with Gasteiger partial charge in [0.25, 0.3) is 0 Å². The van der Waals surface area contributed by atoms with Crippen LogP contribution in [-0.2, 0) is 17.9 Å². The molecular weight excluding hydrogens is 456 g/mol. The lowest BCUT2D eigenvalue weighted by Crippen LogP contribution is -2.31. The van der Waals surface area contributed by atoms with Crippen LogP contribution in [0.5, 0.6) is 0 Å². The highest BCUT2D eigenvalue weighted by atomic mass is 79.9. The van der Waals surface area contributed by atoms with E-state index in [1.54, 1.807) is 0 Å². The van der Waals surface area contributed by atoms with Gasteiger partial charge in [0, 0.05) is 16.0 Å². The van der Waals surface area contributed by atoms with Gasteiger partial charge in [-0.3, -0.25) is 4.79 Å². The molecule has 9 heteroatoms. The summed E-state index contributed by atoms with van der Waals surface area (Å²) in [6.45, 7) is 3.50. The highest BCUT2D eigenvalue weighted by Gasteiger charge is 2.26. The number of nitrogens with one attached hydrogen (secondary N) is 1. The SMILES string of the molecule is Cc1ncn2c1Cn1nc(CNCC(=O)C3CCC3)nc1-c1cc(Br)ccc1-2.Cl. The molecule has 0 bridgehead atoms. The van der Waals surface area contributed by atoms with Crippen LogP contribution < -0.4 is 5.32 Å². The van der Waals surface area contributed by atoms with Crippen LogP contribution in [0.15, 0.2) is 29.0 Å². The fourth-order valence-corrected chi connectivity index (χ4v) is 4.21. The van der Waals surface area contributed by atoms with Crippen molar-refractivity contribution in [2.24, 2.45) is 5.92 Å². The van der Waals surface area contributed by atoms with Crippen molar-refractivity contribution in [2.45, 2.75) is 39.3 Å². The number of nitrogens with zero attached hydrogens (tertiary/aromatic N) is 5. The second-order valence-electron chi connectivity index (χ2n) is 7.52. The zero-order valence-corrected chi connectivity index (χ0v) is 18.5. The summed E-state index contributed by atoms with van der Waals surface area (Å²) in [6, 6.07) is 6.17. The highest BCUT2D eigenvalue weighted by molar-refractivity contribution is 9.10. The Labute approximate surface area is 183 Å². The van der Waals surface area contributed by atoms with Crippen LogP contribution in [-0.4, -0.2) is 36.6 Å². The summed E-state index contributed by atoms with van der Waals surface area (Å²) >= 11 is 3.57. The number of aromatic nitrogens is 5. The van der Waals surface area contributed by atoms with Gasteiger partial charge in [-0.05, 0) is 38.0 Å². The molecule has 1 aliphatic heterocycles. The van der Waals surface area contributed by atoms with Crippen LogP contribution in [0, 0.1) is 12.8 Å². The molecule has 152 valence electrons. The molecule has 1 aliphatic carbocycles. The molecule has 0 atom stereocenters. The summed E-state index contributed by atoms with van der Waals surface area (Å²) in [6.07, 6.45) is 5.11. The van der Waals surface area contributed by atoms with Crippen molar-refractivity contribution in [3.8, 4) is 17.1 Å². The Morgan fingerprint density at radius 2 is 2.17 bits per heavy atom. The van der Waals surface area contributed by atoms with Gasteiger partial charge in [0.2, 0.25) is 0 Å². The molecule has 29 heavy (non-hydrogen) atoms. The molecule has 3 aromatic rings. The first kappa shape index (κ1) is 20.3. The van der Waals surface area contributed by atoms with Gasteiger partial charge in [-0.1, -0.05) is 22.4 Å². The molecule has 0 radical (unpaired) electrons. The number of halogens is 2. The van der Waals surface area contributed by atoms with E-state index in [-0.39, 0.29) is 18.3 Å². The molecule has 1 fully saturated rings. The molecule has 0 unspecified atom stereocenters. The zero-order chi connectivity index (χ0) is 19.3. The van der Waals surface area contributed by atoms with Crippen molar-refractivity contribution < 1.29 is 4.79 Å². The maximum absolute atomic E-state index is 12.1. The number of imidazole rings is 1. The lowest BCUT2D eigenvalue weighted by molar-refractivity contribution is -0.124. The van der Waals surface area contributed by atoms with Crippen molar-refractivity contribution in [3.63, 3.8) is 0 Å². The van der Waals surface area contributed by atoms with E-state index in [9.17, 15) is 4.79 Å². The van der Waals surface area contributed by atoms with Gasteiger partial charge in [0.15, 0.2) is 11.6 Å². The van der Waals surface area contributed by atoms with Crippen molar-refractivity contribution in [3.05, 3.63) is 46.2 Å². The molecule has 0 saturated heterocycles. The second-order valence-corrected chi connectivity index (χ2v) is 8.43. The normalized spacial score (nSPS) is 14.8. The number of hydrogen-bond donors (Lipinski definition) is 1. The van der Waals surface area contributed by atoms with E-state index in [0.717, 1.165) is 45.8 Å². The average molecular weight is 478 g/mol. The van der Waals surface area contributed by atoms with E-state index >= 15 is 0 Å². The number of carbonyl (C=O) groups is 1. The van der Waals surface area contributed by atoms with Gasteiger partial charge in [-0.15, -0.1) is 12.4 Å².